The molecule has 0 atom stereocenters. The third-order valence-corrected chi connectivity index (χ3v) is 7.55. The van der Waals surface area contributed by atoms with Crippen molar-refractivity contribution in [2.75, 3.05) is 0 Å². The van der Waals surface area contributed by atoms with Crippen molar-refractivity contribution < 1.29 is 14.3 Å². The molecule has 184 valence electrons. The summed E-state index contributed by atoms with van der Waals surface area (Å²) in [6.45, 7) is 0.227. The zero-order chi connectivity index (χ0) is 25.8. The predicted molar refractivity (Wildman–Crippen MR) is 155 cm³/mol. The number of amides is 1. The molecular formula is C28H19Br2N3O3S. The molecule has 3 aromatic carbocycles. The summed E-state index contributed by atoms with van der Waals surface area (Å²) >= 11 is 7.95. The number of aromatic hydroxyl groups is 1. The van der Waals surface area contributed by atoms with E-state index in [9.17, 15) is 9.90 Å². The lowest BCUT2D eigenvalue weighted by Crippen LogP contribution is -2.28. The van der Waals surface area contributed by atoms with Crippen LogP contribution < -0.4 is 0 Å². The Morgan fingerprint density at radius 2 is 1.73 bits per heavy atom. The summed E-state index contributed by atoms with van der Waals surface area (Å²) in [5.74, 6) is 0.498. The third-order valence-electron chi connectivity index (χ3n) is 5.50. The molecule has 2 heterocycles. The number of carbonyl (C=O) groups is 1. The Morgan fingerprint density at radius 1 is 0.973 bits per heavy atom. The highest BCUT2D eigenvalue weighted by molar-refractivity contribution is 9.11. The Labute approximate surface area is 234 Å². The summed E-state index contributed by atoms with van der Waals surface area (Å²) in [4.78, 5) is 15.4. The van der Waals surface area contributed by atoms with Crippen LogP contribution in [-0.2, 0) is 11.3 Å². The monoisotopic (exact) mass is 635 g/mol. The lowest BCUT2D eigenvalue weighted by molar-refractivity contribution is -0.122. The molecule has 6 nitrogen and oxygen atoms in total. The zero-order valence-electron chi connectivity index (χ0n) is 19.2. The number of carbonyl (C=O) groups excluding carboxylic acids is 1. The van der Waals surface area contributed by atoms with Crippen LogP contribution in [0.1, 0.15) is 16.9 Å². The Kier molecular flexibility index (Phi) is 7.73. The van der Waals surface area contributed by atoms with Gasteiger partial charge in [0.25, 0.3) is 5.91 Å². The molecule has 1 N–H and O–H groups in total. The Balaban J connectivity index is 1.42. The minimum absolute atomic E-state index is 0.0503. The number of phenols is 1. The summed E-state index contributed by atoms with van der Waals surface area (Å²) in [7, 11) is 0. The summed E-state index contributed by atoms with van der Waals surface area (Å²) in [6.07, 6.45) is 4.86. The fourth-order valence-electron chi connectivity index (χ4n) is 3.66. The fourth-order valence-corrected chi connectivity index (χ4v) is 5.85. The van der Waals surface area contributed by atoms with Crippen LogP contribution in [0.25, 0.3) is 17.2 Å². The normalized spacial score (nSPS) is 15.9. The van der Waals surface area contributed by atoms with E-state index in [1.54, 1.807) is 30.5 Å². The van der Waals surface area contributed by atoms with E-state index in [1.807, 2.05) is 48.5 Å². The molecule has 0 bridgehead atoms. The van der Waals surface area contributed by atoms with E-state index >= 15 is 0 Å². The smallest absolute Gasteiger partial charge is 0.267 e. The number of hydrogen-bond acceptors (Lipinski definition) is 6. The molecule has 4 aromatic rings. The first-order chi connectivity index (χ1) is 18.0. The maximum Gasteiger partial charge on any atom is 0.267 e. The molecule has 0 unspecified atom stereocenters. The van der Waals surface area contributed by atoms with Crippen molar-refractivity contribution >= 4 is 67.0 Å². The Bertz CT molecular complexity index is 1520. The average molecular weight is 637 g/mol. The molecule has 0 radical (unpaired) electrons. The highest BCUT2D eigenvalue weighted by Crippen LogP contribution is 2.35. The summed E-state index contributed by atoms with van der Waals surface area (Å²) in [5, 5.41) is 19.2. The molecule has 1 fully saturated rings. The second-order valence-corrected chi connectivity index (χ2v) is 10.8. The van der Waals surface area contributed by atoms with Crippen LogP contribution in [0.2, 0.25) is 0 Å². The molecule has 1 saturated heterocycles. The topological polar surface area (TPSA) is 78.4 Å². The van der Waals surface area contributed by atoms with Gasteiger partial charge in [-0.3, -0.25) is 9.69 Å². The van der Waals surface area contributed by atoms with Crippen LogP contribution >= 0.6 is 43.6 Å². The van der Waals surface area contributed by atoms with Gasteiger partial charge in [-0.25, -0.2) is 0 Å². The third kappa shape index (κ3) is 5.95. The van der Waals surface area contributed by atoms with Gasteiger partial charge in [0.15, 0.2) is 5.17 Å². The van der Waals surface area contributed by atoms with Crippen molar-refractivity contribution in [1.82, 2.24) is 4.90 Å². The zero-order valence-corrected chi connectivity index (χ0v) is 23.2. The molecule has 0 saturated carbocycles. The molecule has 9 heteroatoms. The van der Waals surface area contributed by atoms with Gasteiger partial charge in [0.1, 0.15) is 11.5 Å². The van der Waals surface area contributed by atoms with Gasteiger partial charge in [-0.2, -0.15) is 5.10 Å². The Hall–Kier alpha value is -3.40. The van der Waals surface area contributed by atoms with Gasteiger partial charge in [-0.05, 0) is 74.7 Å². The van der Waals surface area contributed by atoms with Gasteiger partial charge in [-0.1, -0.05) is 70.5 Å². The number of phenolic OH excluding ortho intramolecular Hbond substituents is 1. The SMILES string of the molecule is O=C1/C(=C/c2ccc(-c3ccccc3)cc2)S/C(=N/N=C\c2cc(Br)cc(Br)c2O)N1Cc1ccco1. The summed E-state index contributed by atoms with van der Waals surface area (Å²) < 4.78 is 6.77. The van der Waals surface area contributed by atoms with Crippen LogP contribution in [0, 0.1) is 0 Å². The van der Waals surface area contributed by atoms with Crippen LogP contribution in [0.5, 0.6) is 5.75 Å². The van der Waals surface area contributed by atoms with E-state index in [0.717, 1.165) is 21.2 Å². The van der Waals surface area contributed by atoms with Crippen LogP contribution in [0.4, 0.5) is 0 Å². The number of halogens is 2. The molecule has 0 spiro atoms. The number of benzene rings is 3. The number of furan rings is 1. The predicted octanol–water partition coefficient (Wildman–Crippen LogP) is 7.68. The van der Waals surface area contributed by atoms with E-state index in [-0.39, 0.29) is 18.2 Å². The van der Waals surface area contributed by atoms with Crippen molar-refractivity contribution in [1.29, 1.82) is 0 Å². The van der Waals surface area contributed by atoms with Gasteiger partial charge < -0.3 is 9.52 Å². The number of amidine groups is 1. The molecule has 1 aliphatic rings. The van der Waals surface area contributed by atoms with Crippen molar-refractivity contribution in [3.8, 4) is 16.9 Å². The lowest BCUT2D eigenvalue weighted by Gasteiger charge is -2.12. The van der Waals surface area contributed by atoms with Gasteiger partial charge in [0, 0.05) is 10.0 Å². The van der Waals surface area contributed by atoms with Crippen molar-refractivity contribution in [3.63, 3.8) is 0 Å². The fraction of sp³-hybridized carbons (Fsp3) is 0.0357. The molecule has 37 heavy (non-hydrogen) atoms. The van der Waals surface area contributed by atoms with E-state index in [0.29, 0.717) is 25.9 Å². The summed E-state index contributed by atoms with van der Waals surface area (Å²) in [6, 6.07) is 25.2. The first-order valence-corrected chi connectivity index (χ1v) is 13.6. The quantitative estimate of drug-likeness (QED) is 0.134. The van der Waals surface area contributed by atoms with Crippen molar-refractivity contribution in [3.05, 3.63) is 116 Å². The minimum atomic E-state index is -0.185. The molecule has 0 aliphatic carbocycles. The minimum Gasteiger partial charge on any atom is -0.506 e. The molecule has 1 amide bonds. The maximum atomic E-state index is 13.3. The van der Waals surface area contributed by atoms with Crippen LogP contribution in [-0.4, -0.2) is 27.3 Å². The number of thioether (sulfide) groups is 1. The highest BCUT2D eigenvalue weighted by Gasteiger charge is 2.34. The molecule has 5 rings (SSSR count). The van der Waals surface area contributed by atoms with E-state index in [2.05, 4.69) is 54.2 Å². The standard InChI is InChI=1S/C28H19Br2N3O3S/c29-22-14-21(26(34)24(30)15-22)16-31-32-28-33(17-23-7-4-12-36-23)27(35)25(37-28)13-18-8-10-20(11-9-18)19-5-2-1-3-6-19/h1-16,34H,17H2/b25-13-,31-16-,32-28+. The second-order valence-electron chi connectivity index (χ2n) is 8.02. The maximum absolute atomic E-state index is 13.3. The molecule has 1 aromatic heterocycles. The van der Waals surface area contributed by atoms with E-state index in [4.69, 9.17) is 4.42 Å². The first-order valence-electron chi connectivity index (χ1n) is 11.2. The molecular weight excluding hydrogens is 618 g/mol. The van der Waals surface area contributed by atoms with Crippen LogP contribution in [0.3, 0.4) is 0 Å². The lowest BCUT2D eigenvalue weighted by atomic mass is 10.0. The summed E-state index contributed by atoms with van der Waals surface area (Å²) in [5.41, 5.74) is 3.62. The van der Waals surface area contributed by atoms with Crippen molar-refractivity contribution in [2.45, 2.75) is 6.54 Å². The van der Waals surface area contributed by atoms with E-state index < -0.39 is 0 Å². The number of rotatable bonds is 6. The number of hydrogen-bond donors (Lipinski definition) is 1. The van der Waals surface area contributed by atoms with Gasteiger partial charge in [0.05, 0.1) is 28.4 Å². The van der Waals surface area contributed by atoms with Crippen LogP contribution in [0.15, 0.2) is 114 Å². The second kappa shape index (κ2) is 11.3. The van der Waals surface area contributed by atoms with E-state index in [1.165, 1.54) is 22.9 Å². The average Bonchev–Trinajstić information content (AvgIpc) is 3.52. The number of nitrogens with zero attached hydrogens (tertiary/aromatic N) is 3. The van der Waals surface area contributed by atoms with Gasteiger partial charge in [-0.15, -0.1) is 5.10 Å². The van der Waals surface area contributed by atoms with Gasteiger partial charge >= 0.3 is 0 Å². The van der Waals surface area contributed by atoms with Crippen molar-refractivity contribution in [2.24, 2.45) is 10.2 Å². The highest BCUT2D eigenvalue weighted by atomic mass is 79.9. The molecule has 1 aliphatic heterocycles. The Morgan fingerprint density at radius 3 is 2.46 bits per heavy atom. The first kappa shape index (κ1) is 25.3. The largest absolute Gasteiger partial charge is 0.506 e. The van der Waals surface area contributed by atoms with Gasteiger partial charge in [0.2, 0.25) is 0 Å².